The van der Waals surface area contributed by atoms with Gasteiger partial charge in [-0.3, -0.25) is 0 Å². The van der Waals surface area contributed by atoms with Gasteiger partial charge in [-0.25, -0.2) is 18.4 Å². The number of halogens is 1. The molecule has 0 unspecified atom stereocenters. The first kappa shape index (κ1) is 11.0. The number of hydrogen-bond donors (Lipinski definition) is 0. The number of sulfone groups is 1. The molecular formula is C10H7ClN2O2S. The van der Waals surface area contributed by atoms with Crippen LogP contribution in [-0.2, 0) is 9.84 Å². The summed E-state index contributed by atoms with van der Waals surface area (Å²) in [5.41, 5.74) is 0. The van der Waals surface area contributed by atoms with Crippen LogP contribution in [0.5, 0.6) is 0 Å². The van der Waals surface area contributed by atoms with E-state index in [1.807, 2.05) is 0 Å². The summed E-state index contributed by atoms with van der Waals surface area (Å²) in [6, 6.07) is 9.40. The molecule has 0 amide bonds. The average Bonchev–Trinajstić information content (AvgIpc) is 2.30. The van der Waals surface area contributed by atoms with Crippen molar-refractivity contribution in [2.45, 2.75) is 10.1 Å². The smallest absolute Gasteiger partial charge is 0.226 e. The van der Waals surface area contributed by atoms with Crippen molar-refractivity contribution in [2.75, 3.05) is 0 Å². The highest BCUT2D eigenvalue weighted by atomic mass is 35.5. The van der Waals surface area contributed by atoms with Crippen molar-refractivity contribution in [3.63, 3.8) is 0 Å². The summed E-state index contributed by atoms with van der Waals surface area (Å²) < 4.78 is 24.0. The zero-order valence-corrected chi connectivity index (χ0v) is 9.61. The number of nitrogens with zero attached hydrogens (tertiary/aromatic N) is 2. The fourth-order valence-corrected chi connectivity index (χ4v) is 2.49. The summed E-state index contributed by atoms with van der Waals surface area (Å²) >= 11 is 5.62. The molecule has 0 spiro atoms. The second-order valence-corrected chi connectivity index (χ2v) is 5.21. The standard InChI is InChI=1S/C10H7ClN2O2S/c11-9-6-7-12-10(13-9)16(14,15)8-4-2-1-3-5-8/h1-7H. The zero-order valence-electron chi connectivity index (χ0n) is 8.04. The van der Waals surface area contributed by atoms with Gasteiger partial charge in [0.15, 0.2) is 0 Å². The van der Waals surface area contributed by atoms with Gasteiger partial charge in [0.25, 0.3) is 5.16 Å². The molecular weight excluding hydrogens is 248 g/mol. The van der Waals surface area contributed by atoms with Crippen LogP contribution in [0.3, 0.4) is 0 Å². The highest BCUT2D eigenvalue weighted by Crippen LogP contribution is 2.17. The molecule has 0 aliphatic heterocycles. The van der Waals surface area contributed by atoms with Crippen LogP contribution in [0, 0.1) is 0 Å². The normalized spacial score (nSPS) is 11.3. The van der Waals surface area contributed by atoms with Crippen LogP contribution in [-0.4, -0.2) is 18.4 Å². The van der Waals surface area contributed by atoms with Gasteiger partial charge in [0.2, 0.25) is 9.84 Å². The Labute approximate surface area is 97.9 Å². The van der Waals surface area contributed by atoms with E-state index >= 15 is 0 Å². The van der Waals surface area contributed by atoms with Gasteiger partial charge < -0.3 is 0 Å². The molecule has 16 heavy (non-hydrogen) atoms. The van der Waals surface area contributed by atoms with E-state index in [2.05, 4.69) is 9.97 Å². The Balaban J connectivity index is 2.56. The first-order valence-electron chi connectivity index (χ1n) is 4.39. The first-order chi connectivity index (χ1) is 7.60. The molecule has 0 aliphatic carbocycles. The van der Waals surface area contributed by atoms with Crippen LogP contribution in [0.15, 0.2) is 52.6 Å². The topological polar surface area (TPSA) is 59.9 Å². The van der Waals surface area contributed by atoms with E-state index in [1.54, 1.807) is 18.2 Å². The van der Waals surface area contributed by atoms with Crippen molar-refractivity contribution in [3.05, 3.63) is 47.7 Å². The molecule has 0 aliphatic rings. The molecule has 82 valence electrons. The van der Waals surface area contributed by atoms with Crippen LogP contribution in [0.2, 0.25) is 5.15 Å². The first-order valence-corrected chi connectivity index (χ1v) is 6.25. The summed E-state index contributed by atoms with van der Waals surface area (Å²) in [6.45, 7) is 0. The maximum atomic E-state index is 12.0. The van der Waals surface area contributed by atoms with Gasteiger partial charge in [0.05, 0.1) is 4.90 Å². The molecule has 0 bridgehead atoms. The van der Waals surface area contributed by atoms with Gasteiger partial charge in [0, 0.05) is 6.20 Å². The Bertz CT molecular complexity index is 599. The lowest BCUT2D eigenvalue weighted by Crippen LogP contribution is -2.06. The zero-order chi connectivity index (χ0) is 11.6. The van der Waals surface area contributed by atoms with Gasteiger partial charge >= 0.3 is 0 Å². The molecule has 2 aromatic rings. The van der Waals surface area contributed by atoms with E-state index in [0.29, 0.717) is 0 Å². The van der Waals surface area contributed by atoms with Gasteiger partial charge in [-0.05, 0) is 18.2 Å². The predicted molar refractivity (Wildman–Crippen MR) is 58.9 cm³/mol. The van der Waals surface area contributed by atoms with Crippen LogP contribution >= 0.6 is 11.6 Å². The second kappa shape index (κ2) is 4.19. The molecule has 0 N–H and O–H groups in total. The van der Waals surface area contributed by atoms with Crippen LogP contribution in [0.4, 0.5) is 0 Å². The Morgan fingerprint density at radius 3 is 2.38 bits per heavy atom. The van der Waals surface area contributed by atoms with Gasteiger partial charge in [0.1, 0.15) is 5.15 Å². The largest absolute Gasteiger partial charge is 0.253 e. The highest BCUT2D eigenvalue weighted by molar-refractivity contribution is 7.91. The Morgan fingerprint density at radius 1 is 1.06 bits per heavy atom. The average molecular weight is 255 g/mol. The molecule has 4 nitrogen and oxygen atoms in total. The third kappa shape index (κ3) is 2.05. The van der Waals surface area contributed by atoms with Crippen molar-refractivity contribution in [2.24, 2.45) is 0 Å². The Morgan fingerprint density at radius 2 is 1.75 bits per heavy atom. The van der Waals surface area contributed by atoms with E-state index in [-0.39, 0.29) is 15.2 Å². The maximum absolute atomic E-state index is 12.0. The highest BCUT2D eigenvalue weighted by Gasteiger charge is 2.20. The molecule has 0 saturated heterocycles. The van der Waals surface area contributed by atoms with Gasteiger partial charge in [-0.1, -0.05) is 29.8 Å². The molecule has 1 aromatic carbocycles. The van der Waals surface area contributed by atoms with E-state index in [0.717, 1.165) is 0 Å². The van der Waals surface area contributed by atoms with E-state index in [1.165, 1.54) is 24.4 Å². The summed E-state index contributed by atoms with van der Waals surface area (Å²) in [7, 11) is -3.67. The lowest BCUT2D eigenvalue weighted by Gasteiger charge is -2.01. The molecule has 1 heterocycles. The van der Waals surface area contributed by atoms with Crippen molar-refractivity contribution < 1.29 is 8.42 Å². The quantitative estimate of drug-likeness (QED) is 0.607. The number of benzene rings is 1. The molecule has 6 heteroatoms. The van der Waals surface area contributed by atoms with E-state index < -0.39 is 9.84 Å². The lowest BCUT2D eigenvalue weighted by molar-refractivity contribution is 0.587. The Hall–Kier alpha value is -1.46. The van der Waals surface area contributed by atoms with Crippen LogP contribution in [0.25, 0.3) is 0 Å². The minimum atomic E-state index is -3.67. The minimum Gasteiger partial charge on any atom is -0.226 e. The molecule has 0 atom stereocenters. The van der Waals surface area contributed by atoms with Gasteiger partial charge in [-0.15, -0.1) is 0 Å². The summed E-state index contributed by atoms with van der Waals surface area (Å²) in [5, 5.41) is -0.185. The molecule has 1 aromatic heterocycles. The fraction of sp³-hybridized carbons (Fsp3) is 0. The summed E-state index contributed by atoms with van der Waals surface area (Å²) in [4.78, 5) is 7.54. The molecule has 0 radical (unpaired) electrons. The van der Waals surface area contributed by atoms with Gasteiger partial charge in [-0.2, -0.15) is 0 Å². The number of aromatic nitrogens is 2. The predicted octanol–water partition coefficient (Wildman–Crippen LogP) is 1.96. The SMILES string of the molecule is O=S(=O)(c1ccccc1)c1nccc(Cl)n1. The number of hydrogen-bond acceptors (Lipinski definition) is 4. The minimum absolute atomic E-state index is 0.101. The van der Waals surface area contributed by atoms with E-state index in [4.69, 9.17) is 11.6 Å². The maximum Gasteiger partial charge on any atom is 0.253 e. The third-order valence-electron chi connectivity index (χ3n) is 1.89. The van der Waals surface area contributed by atoms with Crippen molar-refractivity contribution in [1.82, 2.24) is 9.97 Å². The van der Waals surface area contributed by atoms with E-state index in [9.17, 15) is 8.42 Å². The third-order valence-corrected chi connectivity index (χ3v) is 3.67. The molecule has 0 fully saturated rings. The van der Waals surface area contributed by atoms with Crippen LogP contribution in [0.1, 0.15) is 0 Å². The summed E-state index contributed by atoms with van der Waals surface area (Å²) in [6.07, 6.45) is 1.31. The number of rotatable bonds is 2. The summed E-state index contributed by atoms with van der Waals surface area (Å²) in [5.74, 6) is 0. The molecule has 0 saturated carbocycles. The second-order valence-electron chi connectivity index (χ2n) is 2.98. The lowest BCUT2D eigenvalue weighted by atomic mass is 10.4. The van der Waals surface area contributed by atoms with Crippen molar-refractivity contribution in [3.8, 4) is 0 Å². The van der Waals surface area contributed by atoms with Crippen molar-refractivity contribution in [1.29, 1.82) is 0 Å². The van der Waals surface area contributed by atoms with Crippen molar-refractivity contribution >= 4 is 21.4 Å². The monoisotopic (exact) mass is 254 g/mol. The fourth-order valence-electron chi connectivity index (χ4n) is 1.15. The molecule has 2 rings (SSSR count). The Kier molecular flexibility index (Phi) is 2.89. The van der Waals surface area contributed by atoms with Crippen LogP contribution < -0.4 is 0 Å².